The summed E-state index contributed by atoms with van der Waals surface area (Å²) in [6.07, 6.45) is 2.36. The molecule has 0 unspecified atom stereocenters. The van der Waals surface area contributed by atoms with Crippen LogP contribution in [0.4, 0.5) is 11.5 Å². The van der Waals surface area contributed by atoms with Crippen molar-refractivity contribution in [3.8, 4) is 0 Å². The molecule has 1 aliphatic rings. The number of benzene rings is 2. The number of hydrogen-bond donors (Lipinski definition) is 1. The molecule has 0 atom stereocenters. The average Bonchev–Trinajstić information content (AvgIpc) is 3.16. The summed E-state index contributed by atoms with van der Waals surface area (Å²) < 4.78 is 0. The third kappa shape index (κ3) is 2.95. The maximum absolute atomic E-state index is 13.1. The van der Waals surface area contributed by atoms with Crippen LogP contribution in [0.3, 0.4) is 0 Å². The quantitative estimate of drug-likeness (QED) is 0.774. The Morgan fingerprint density at radius 1 is 1.00 bits per heavy atom. The van der Waals surface area contributed by atoms with Gasteiger partial charge in [0.15, 0.2) is 0 Å². The Bertz CT molecular complexity index is 915. The van der Waals surface area contributed by atoms with Gasteiger partial charge in [0.2, 0.25) is 0 Å². The van der Waals surface area contributed by atoms with Crippen LogP contribution in [0.5, 0.6) is 0 Å². The zero-order valence-electron chi connectivity index (χ0n) is 14.3. The van der Waals surface area contributed by atoms with Crippen molar-refractivity contribution >= 4 is 28.3 Å². The van der Waals surface area contributed by atoms with E-state index in [2.05, 4.69) is 10.2 Å². The summed E-state index contributed by atoms with van der Waals surface area (Å²) in [4.78, 5) is 20.2. The van der Waals surface area contributed by atoms with Crippen LogP contribution < -0.4 is 10.2 Å². The molecular weight excluding hydrogens is 310 g/mol. The highest BCUT2D eigenvalue weighted by atomic mass is 16.1. The normalized spacial score (nSPS) is 14.0. The molecule has 0 bridgehead atoms. The molecule has 1 N–H and O–H groups in total. The third-order valence-electron chi connectivity index (χ3n) is 4.77. The number of aromatic nitrogens is 1. The van der Waals surface area contributed by atoms with E-state index in [-0.39, 0.29) is 5.91 Å². The van der Waals surface area contributed by atoms with Gasteiger partial charge in [-0.15, -0.1) is 0 Å². The van der Waals surface area contributed by atoms with Gasteiger partial charge in [0.25, 0.3) is 5.91 Å². The number of nitrogens with zero attached hydrogens (tertiary/aromatic N) is 2. The summed E-state index contributed by atoms with van der Waals surface area (Å²) in [5, 5.41) is 3.92. The van der Waals surface area contributed by atoms with Gasteiger partial charge in [0.05, 0.1) is 11.1 Å². The molecule has 1 aromatic heterocycles. The van der Waals surface area contributed by atoms with E-state index in [0.29, 0.717) is 0 Å². The Morgan fingerprint density at radius 3 is 2.44 bits per heavy atom. The SMILES string of the molecule is Cc1c(N2CCCC2)nc2ccccc2c1C(=O)Nc1ccccc1. The maximum atomic E-state index is 13.1. The molecule has 0 aliphatic carbocycles. The van der Waals surface area contributed by atoms with E-state index in [1.165, 1.54) is 12.8 Å². The first-order valence-corrected chi connectivity index (χ1v) is 8.75. The number of amides is 1. The second-order valence-electron chi connectivity index (χ2n) is 6.47. The average molecular weight is 331 g/mol. The van der Waals surface area contributed by atoms with E-state index in [0.717, 1.165) is 46.6 Å². The van der Waals surface area contributed by atoms with Gasteiger partial charge in [-0.05, 0) is 38.0 Å². The fraction of sp³-hybridized carbons (Fsp3) is 0.238. The molecule has 4 heteroatoms. The Hall–Kier alpha value is -2.88. The fourth-order valence-corrected chi connectivity index (χ4v) is 3.54. The minimum absolute atomic E-state index is 0.0808. The number of fused-ring (bicyclic) bond motifs is 1. The van der Waals surface area contributed by atoms with Crippen molar-refractivity contribution in [1.82, 2.24) is 4.98 Å². The van der Waals surface area contributed by atoms with Gasteiger partial charge in [-0.3, -0.25) is 4.79 Å². The predicted octanol–water partition coefficient (Wildman–Crippen LogP) is 4.40. The fourth-order valence-electron chi connectivity index (χ4n) is 3.54. The molecule has 0 saturated carbocycles. The second kappa shape index (κ2) is 6.55. The largest absolute Gasteiger partial charge is 0.356 e. The molecular formula is C21H21N3O. The highest BCUT2D eigenvalue weighted by Gasteiger charge is 2.22. The van der Waals surface area contributed by atoms with E-state index >= 15 is 0 Å². The minimum Gasteiger partial charge on any atom is -0.356 e. The van der Waals surface area contributed by atoms with Crippen molar-refractivity contribution in [2.45, 2.75) is 19.8 Å². The number of carbonyl (C=O) groups is 1. The number of rotatable bonds is 3. The van der Waals surface area contributed by atoms with Gasteiger partial charge < -0.3 is 10.2 Å². The molecule has 3 aromatic rings. The molecule has 1 aliphatic heterocycles. The van der Waals surface area contributed by atoms with Gasteiger partial charge in [-0.25, -0.2) is 4.98 Å². The molecule has 1 saturated heterocycles. The summed E-state index contributed by atoms with van der Waals surface area (Å²) in [5.41, 5.74) is 3.34. The van der Waals surface area contributed by atoms with Crippen LogP contribution in [0.15, 0.2) is 54.6 Å². The van der Waals surface area contributed by atoms with Crippen molar-refractivity contribution in [2.75, 3.05) is 23.3 Å². The van der Waals surface area contributed by atoms with Crippen LogP contribution in [0.2, 0.25) is 0 Å². The standard InChI is InChI=1S/C21H21N3O/c1-15-19(21(25)22-16-9-3-2-4-10-16)17-11-5-6-12-18(17)23-20(15)24-13-7-8-14-24/h2-6,9-12H,7-8,13-14H2,1H3,(H,22,25). The molecule has 25 heavy (non-hydrogen) atoms. The Morgan fingerprint density at radius 2 is 1.68 bits per heavy atom. The first kappa shape index (κ1) is 15.6. The number of para-hydroxylation sites is 2. The molecule has 4 nitrogen and oxygen atoms in total. The first-order chi connectivity index (χ1) is 12.2. The predicted molar refractivity (Wildman–Crippen MR) is 102 cm³/mol. The van der Waals surface area contributed by atoms with Crippen LogP contribution in [0.1, 0.15) is 28.8 Å². The van der Waals surface area contributed by atoms with Crippen molar-refractivity contribution < 1.29 is 4.79 Å². The van der Waals surface area contributed by atoms with Crippen molar-refractivity contribution in [3.63, 3.8) is 0 Å². The van der Waals surface area contributed by atoms with Gasteiger partial charge >= 0.3 is 0 Å². The van der Waals surface area contributed by atoms with E-state index < -0.39 is 0 Å². The van der Waals surface area contributed by atoms with Crippen LogP contribution in [0.25, 0.3) is 10.9 Å². The smallest absolute Gasteiger partial charge is 0.256 e. The van der Waals surface area contributed by atoms with E-state index in [4.69, 9.17) is 4.98 Å². The minimum atomic E-state index is -0.0808. The van der Waals surface area contributed by atoms with Crippen LogP contribution in [-0.2, 0) is 0 Å². The number of anilines is 2. The van der Waals surface area contributed by atoms with Gasteiger partial charge in [0, 0.05) is 29.7 Å². The van der Waals surface area contributed by atoms with E-state index in [9.17, 15) is 4.79 Å². The van der Waals surface area contributed by atoms with Crippen LogP contribution in [0, 0.1) is 6.92 Å². The zero-order chi connectivity index (χ0) is 17.2. The first-order valence-electron chi connectivity index (χ1n) is 8.75. The molecule has 0 spiro atoms. The van der Waals surface area contributed by atoms with Crippen molar-refractivity contribution in [2.24, 2.45) is 0 Å². The molecule has 2 heterocycles. The topological polar surface area (TPSA) is 45.2 Å². The maximum Gasteiger partial charge on any atom is 0.256 e. The lowest BCUT2D eigenvalue weighted by Crippen LogP contribution is -2.23. The van der Waals surface area contributed by atoms with E-state index in [1.807, 2.05) is 61.5 Å². The monoisotopic (exact) mass is 331 g/mol. The number of hydrogen-bond acceptors (Lipinski definition) is 3. The summed E-state index contributed by atoms with van der Waals surface area (Å²) in [6, 6.07) is 17.5. The molecule has 1 fully saturated rings. The number of nitrogens with one attached hydrogen (secondary N) is 1. The van der Waals surface area contributed by atoms with Crippen molar-refractivity contribution in [1.29, 1.82) is 0 Å². The molecule has 0 radical (unpaired) electrons. The summed E-state index contributed by atoms with van der Waals surface area (Å²) >= 11 is 0. The summed E-state index contributed by atoms with van der Waals surface area (Å²) in [5.74, 6) is 0.858. The molecule has 4 rings (SSSR count). The lowest BCUT2D eigenvalue weighted by molar-refractivity contribution is 0.102. The molecule has 126 valence electrons. The summed E-state index contributed by atoms with van der Waals surface area (Å²) in [6.45, 7) is 4.02. The highest BCUT2D eigenvalue weighted by Crippen LogP contribution is 2.30. The molecule has 2 aromatic carbocycles. The third-order valence-corrected chi connectivity index (χ3v) is 4.77. The molecule has 1 amide bonds. The summed E-state index contributed by atoms with van der Waals surface area (Å²) in [7, 11) is 0. The lowest BCUT2D eigenvalue weighted by atomic mass is 10.0. The Labute approximate surface area is 147 Å². The van der Waals surface area contributed by atoms with Gasteiger partial charge in [-0.1, -0.05) is 36.4 Å². The Kier molecular flexibility index (Phi) is 4.10. The second-order valence-corrected chi connectivity index (χ2v) is 6.47. The van der Waals surface area contributed by atoms with Crippen molar-refractivity contribution in [3.05, 3.63) is 65.7 Å². The number of pyridine rings is 1. The van der Waals surface area contributed by atoms with Gasteiger partial charge in [-0.2, -0.15) is 0 Å². The van der Waals surface area contributed by atoms with Gasteiger partial charge in [0.1, 0.15) is 5.82 Å². The number of carbonyl (C=O) groups excluding carboxylic acids is 1. The zero-order valence-corrected chi connectivity index (χ0v) is 14.3. The highest BCUT2D eigenvalue weighted by molar-refractivity contribution is 6.14. The lowest BCUT2D eigenvalue weighted by Gasteiger charge is -2.22. The van der Waals surface area contributed by atoms with E-state index in [1.54, 1.807) is 0 Å². The van der Waals surface area contributed by atoms with Crippen LogP contribution >= 0.6 is 0 Å². The Balaban J connectivity index is 1.83. The van der Waals surface area contributed by atoms with Crippen LogP contribution in [-0.4, -0.2) is 24.0 Å².